The Bertz CT molecular complexity index is 437. The maximum atomic E-state index is 5.27. The minimum Gasteiger partial charge on any atom is -0.383 e. The molecular weight excluding hydrogens is 282 g/mol. The van der Waals surface area contributed by atoms with Gasteiger partial charge in [-0.1, -0.05) is 0 Å². The van der Waals surface area contributed by atoms with Gasteiger partial charge < -0.3 is 15.0 Å². The van der Waals surface area contributed by atoms with Crippen LogP contribution < -0.4 is 10.2 Å². The van der Waals surface area contributed by atoms with Crippen molar-refractivity contribution in [1.82, 2.24) is 10.3 Å². The molecule has 1 atom stereocenters. The number of hydrogen-bond acceptors (Lipinski definition) is 5. The second-order valence-electron chi connectivity index (χ2n) is 6.98. The van der Waals surface area contributed by atoms with E-state index in [-0.39, 0.29) is 5.54 Å². The van der Waals surface area contributed by atoms with Crippen LogP contribution in [0.1, 0.15) is 45.4 Å². The molecule has 0 radical (unpaired) electrons. The zero-order valence-corrected chi connectivity index (χ0v) is 14.8. The normalized spacial score (nSPS) is 17.0. The summed E-state index contributed by atoms with van der Waals surface area (Å²) in [5, 5.41) is 4.66. The highest BCUT2D eigenvalue weighted by Crippen LogP contribution is 2.37. The van der Waals surface area contributed by atoms with Crippen molar-refractivity contribution < 1.29 is 4.74 Å². The predicted octanol–water partition coefficient (Wildman–Crippen LogP) is 3.28. The number of nitrogens with zero attached hydrogens (tertiary/aromatic N) is 2. The molecule has 1 saturated carbocycles. The van der Waals surface area contributed by atoms with E-state index < -0.39 is 0 Å². The van der Waals surface area contributed by atoms with Crippen LogP contribution in [0.5, 0.6) is 0 Å². The second-order valence-corrected chi connectivity index (χ2v) is 8.07. The topological polar surface area (TPSA) is 37.4 Å². The van der Waals surface area contributed by atoms with Gasteiger partial charge in [0.2, 0.25) is 0 Å². The zero-order valence-electron chi connectivity index (χ0n) is 14.0. The van der Waals surface area contributed by atoms with Gasteiger partial charge in [0.15, 0.2) is 5.13 Å². The smallest absolute Gasteiger partial charge is 0.185 e. The van der Waals surface area contributed by atoms with Gasteiger partial charge in [-0.15, -0.1) is 11.3 Å². The quantitative estimate of drug-likeness (QED) is 0.799. The van der Waals surface area contributed by atoms with Gasteiger partial charge in [-0.3, -0.25) is 0 Å². The first-order valence-corrected chi connectivity index (χ1v) is 8.67. The Balaban J connectivity index is 2.00. The van der Waals surface area contributed by atoms with Gasteiger partial charge in [-0.25, -0.2) is 4.98 Å². The SMILES string of the molecule is COCCN(c1ncc(CNC(C)(C)C)s1)C(C)C1CC1. The van der Waals surface area contributed by atoms with Gasteiger partial charge in [0.1, 0.15) is 0 Å². The third-order valence-electron chi connectivity index (χ3n) is 3.91. The number of nitrogens with one attached hydrogen (secondary N) is 1. The fraction of sp³-hybridized carbons (Fsp3) is 0.812. The van der Waals surface area contributed by atoms with Crippen molar-refractivity contribution in [2.45, 2.75) is 58.7 Å². The lowest BCUT2D eigenvalue weighted by Gasteiger charge is -2.28. The average molecular weight is 311 g/mol. The Kier molecular flexibility index (Phi) is 5.63. The lowest BCUT2D eigenvalue weighted by Crippen LogP contribution is -2.37. The van der Waals surface area contributed by atoms with Crippen LogP contribution in [0.15, 0.2) is 6.20 Å². The number of aromatic nitrogens is 1. The minimum absolute atomic E-state index is 0.140. The van der Waals surface area contributed by atoms with Crippen molar-refractivity contribution in [3.8, 4) is 0 Å². The van der Waals surface area contributed by atoms with E-state index in [1.54, 1.807) is 18.4 Å². The van der Waals surface area contributed by atoms with Gasteiger partial charge in [0.25, 0.3) is 0 Å². The summed E-state index contributed by atoms with van der Waals surface area (Å²) in [5.41, 5.74) is 0.140. The number of ether oxygens (including phenoxy) is 1. The summed E-state index contributed by atoms with van der Waals surface area (Å²) in [6.45, 7) is 11.5. The molecule has 21 heavy (non-hydrogen) atoms. The van der Waals surface area contributed by atoms with Gasteiger partial charge >= 0.3 is 0 Å². The molecule has 1 N–H and O–H groups in total. The highest BCUT2D eigenvalue weighted by Gasteiger charge is 2.33. The predicted molar refractivity (Wildman–Crippen MR) is 90.1 cm³/mol. The Morgan fingerprint density at radius 3 is 2.76 bits per heavy atom. The molecule has 0 aliphatic heterocycles. The van der Waals surface area contributed by atoms with Crippen LogP contribution in [-0.4, -0.2) is 36.8 Å². The van der Waals surface area contributed by atoms with Crippen molar-refractivity contribution in [3.63, 3.8) is 0 Å². The Morgan fingerprint density at radius 1 is 1.48 bits per heavy atom. The van der Waals surface area contributed by atoms with Gasteiger partial charge in [0, 0.05) is 42.9 Å². The van der Waals surface area contributed by atoms with E-state index in [0.29, 0.717) is 6.04 Å². The number of rotatable bonds is 8. The van der Waals surface area contributed by atoms with E-state index in [1.165, 1.54) is 17.7 Å². The Labute approximate surface area is 132 Å². The molecule has 1 aromatic rings. The molecule has 120 valence electrons. The third kappa shape index (κ3) is 5.24. The van der Waals surface area contributed by atoms with Crippen LogP contribution in [0.2, 0.25) is 0 Å². The summed E-state index contributed by atoms with van der Waals surface area (Å²) in [7, 11) is 1.76. The zero-order chi connectivity index (χ0) is 15.5. The van der Waals surface area contributed by atoms with Crippen LogP contribution in [0.25, 0.3) is 0 Å². The highest BCUT2D eigenvalue weighted by molar-refractivity contribution is 7.15. The first-order chi connectivity index (χ1) is 9.90. The summed E-state index contributed by atoms with van der Waals surface area (Å²) >= 11 is 1.80. The third-order valence-corrected chi connectivity index (χ3v) is 4.95. The Hall–Kier alpha value is -0.650. The van der Waals surface area contributed by atoms with E-state index in [4.69, 9.17) is 4.74 Å². The standard InChI is InChI=1S/C16H29N3OS/c1-12(13-6-7-13)19(8-9-20-5)15-17-10-14(21-15)11-18-16(2,3)4/h10,12-13,18H,6-9,11H2,1-5H3. The number of hydrogen-bond donors (Lipinski definition) is 1. The summed E-state index contributed by atoms with van der Waals surface area (Å²) in [5.74, 6) is 0.835. The monoisotopic (exact) mass is 311 g/mol. The average Bonchev–Trinajstić information content (AvgIpc) is 3.16. The van der Waals surface area contributed by atoms with E-state index >= 15 is 0 Å². The maximum absolute atomic E-state index is 5.27. The summed E-state index contributed by atoms with van der Waals surface area (Å²) in [6, 6.07) is 0.565. The molecular formula is C16H29N3OS. The molecule has 5 heteroatoms. The molecule has 2 rings (SSSR count). The van der Waals surface area contributed by atoms with Gasteiger partial charge in [0.05, 0.1) is 6.61 Å². The van der Waals surface area contributed by atoms with Gasteiger partial charge in [-0.2, -0.15) is 0 Å². The molecule has 0 spiro atoms. The number of anilines is 1. The van der Waals surface area contributed by atoms with Crippen LogP contribution >= 0.6 is 11.3 Å². The fourth-order valence-electron chi connectivity index (χ4n) is 2.36. The largest absolute Gasteiger partial charge is 0.383 e. The lowest BCUT2D eigenvalue weighted by molar-refractivity contribution is 0.202. The van der Waals surface area contributed by atoms with Gasteiger partial charge in [-0.05, 0) is 46.5 Å². The van der Waals surface area contributed by atoms with Crippen molar-refractivity contribution in [2.24, 2.45) is 5.92 Å². The molecule has 1 fully saturated rings. The van der Waals surface area contributed by atoms with Crippen LogP contribution in [0, 0.1) is 5.92 Å². The summed E-state index contributed by atoms with van der Waals surface area (Å²) in [6.07, 6.45) is 4.72. The first kappa shape index (κ1) is 16.7. The molecule has 1 aliphatic carbocycles. The molecule has 0 amide bonds. The van der Waals surface area contributed by atoms with Crippen molar-refractivity contribution in [3.05, 3.63) is 11.1 Å². The van der Waals surface area contributed by atoms with E-state index in [1.807, 2.05) is 6.20 Å². The molecule has 1 aromatic heterocycles. The fourth-order valence-corrected chi connectivity index (χ4v) is 3.32. The second kappa shape index (κ2) is 7.07. The molecule has 0 bridgehead atoms. The van der Waals surface area contributed by atoms with Crippen LogP contribution in [-0.2, 0) is 11.3 Å². The molecule has 1 unspecified atom stereocenters. The maximum Gasteiger partial charge on any atom is 0.185 e. The van der Waals surface area contributed by atoms with Crippen molar-refractivity contribution in [1.29, 1.82) is 0 Å². The Morgan fingerprint density at radius 2 is 2.19 bits per heavy atom. The molecule has 1 heterocycles. The number of thiazole rings is 1. The number of methoxy groups -OCH3 is 1. The minimum atomic E-state index is 0.140. The molecule has 0 aromatic carbocycles. The van der Waals surface area contributed by atoms with Crippen molar-refractivity contribution in [2.75, 3.05) is 25.2 Å². The molecule has 1 aliphatic rings. The highest BCUT2D eigenvalue weighted by atomic mass is 32.1. The van der Waals surface area contributed by atoms with Crippen molar-refractivity contribution >= 4 is 16.5 Å². The van der Waals surface area contributed by atoms with Crippen LogP contribution in [0.3, 0.4) is 0 Å². The van der Waals surface area contributed by atoms with E-state index in [2.05, 4.69) is 42.9 Å². The van der Waals surface area contributed by atoms with Crippen LogP contribution in [0.4, 0.5) is 5.13 Å². The first-order valence-electron chi connectivity index (χ1n) is 7.86. The summed E-state index contributed by atoms with van der Waals surface area (Å²) < 4.78 is 5.27. The molecule has 4 nitrogen and oxygen atoms in total. The molecule has 0 saturated heterocycles. The van der Waals surface area contributed by atoms with E-state index in [0.717, 1.165) is 30.7 Å². The summed E-state index contributed by atoms with van der Waals surface area (Å²) in [4.78, 5) is 8.37. The lowest BCUT2D eigenvalue weighted by atomic mass is 10.1. The van der Waals surface area contributed by atoms with E-state index in [9.17, 15) is 0 Å².